The lowest BCUT2D eigenvalue weighted by Crippen LogP contribution is -2.43. The van der Waals surface area contributed by atoms with Crippen molar-refractivity contribution in [2.45, 2.75) is 11.8 Å². The lowest BCUT2D eigenvalue weighted by molar-refractivity contribution is -0.122. The van der Waals surface area contributed by atoms with Gasteiger partial charge in [0.25, 0.3) is 5.91 Å². The fourth-order valence-electron chi connectivity index (χ4n) is 4.55. The molecule has 150 valence electrons. The predicted octanol–water partition coefficient (Wildman–Crippen LogP) is 3.25. The van der Waals surface area contributed by atoms with Gasteiger partial charge in [-0.1, -0.05) is 60.7 Å². The normalized spacial score (nSPS) is 20.5. The summed E-state index contributed by atoms with van der Waals surface area (Å²) in [6, 6.07) is 18.0. The molecule has 1 N–H and O–H groups in total. The Bertz CT molecular complexity index is 1110. The maximum Gasteiger partial charge on any atom is 0.289 e. The number of benzene rings is 2. The number of nitrogens with zero attached hydrogens (tertiary/aromatic N) is 3. The van der Waals surface area contributed by atoms with Gasteiger partial charge in [0.05, 0.1) is 5.41 Å². The van der Waals surface area contributed by atoms with Gasteiger partial charge >= 0.3 is 0 Å². The van der Waals surface area contributed by atoms with Gasteiger partial charge in [-0.3, -0.25) is 9.59 Å². The lowest BCUT2D eigenvalue weighted by atomic mass is 9.81. The molecule has 1 spiro atoms. The minimum absolute atomic E-state index is 0.0659. The van der Waals surface area contributed by atoms with E-state index < -0.39 is 5.41 Å². The van der Waals surface area contributed by atoms with E-state index in [9.17, 15) is 9.59 Å². The molecule has 3 aromatic rings. The molecule has 0 aliphatic carbocycles. The third-order valence-electron chi connectivity index (χ3n) is 6.02. The zero-order valence-electron chi connectivity index (χ0n) is 16.5. The monoisotopic (exact) mass is 398 g/mol. The molecule has 6 nitrogen and oxygen atoms in total. The Balaban J connectivity index is 1.41. The van der Waals surface area contributed by atoms with Gasteiger partial charge in [-0.2, -0.15) is 0 Å². The van der Waals surface area contributed by atoms with Crippen LogP contribution < -0.4 is 4.90 Å². The molecule has 2 aliphatic rings. The summed E-state index contributed by atoms with van der Waals surface area (Å²) in [6.45, 7) is 1.41. The number of carbonyl (C=O) groups excluding carboxylic acids is 2. The first-order valence-electron chi connectivity index (χ1n) is 10.1. The summed E-state index contributed by atoms with van der Waals surface area (Å²) in [5, 5.41) is 0. The first-order chi connectivity index (χ1) is 14.7. The van der Waals surface area contributed by atoms with Gasteiger partial charge in [0.15, 0.2) is 5.82 Å². The number of anilines is 1. The van der Waals surface area contributed by atoms with Gasteiger partial charge in [-0.15, -0.1) is 0 Å². The topological polar surface area (TPSA) is 69.3 Å². The molecular formula is C24H22N4O2. The highest BCUT2D eigenvalue weighted by Gasteiger charge is 2.55. The Kier molecular flexibility index (Phi) is 4.47. The van der Waals surface area contributed by atoms with E-state index in [-0.39, 0.29) is 11.8 Å². The summed E-state index contributed by atoms with van der Waals surface area (Å²) in [6.07, 6.45) is 7.87. The fourth-order valence-corrected chi connectivity index (χ4v) is 4.55. The fraction of sp³-hybridized carbons (Fsp3) is 0.208. The lowest BCUT2D eigenvalue weighted by Gasteiger charge is -2.24. The summed E-state index contributed by atoms with van der Waals surface area (Å²) in [7, 11) is 0. The van der Waals surface area contributed by atoms with Crippen LogP contribution in [0.4, 0.5) is 5.69 Å². The molecule has 1 fully saturated rings. The van der Waals surface area contributed by atoms with Crippen LogP contribution in [-0.2, 0) is 10.2 Å². The Labute approximate surface area is 174 Å². The van der Waals surface area contributed by atoms with Crippen LogP contribution in [0.15, 0.2) is 73.1 Å². The highest BCUT2D eigenvalue weighted by molar-refractivity contribution is 6.09. The van der Waals surface area contributed by atoms with Crippen LogP contribution in [0.5, 0.6) is 0 Å². The van der Waals surface area contributed by atoms with Crippen LogP contribution in [0.2, 0.25) is 0 Å². The van der Waals surface area contributed by atoms with Gasteiger partial charge in [-0.25, -0.2) is 4.98 Å². The number of aromatic amines is 1. The van der Waals surface area contributed by atoms with E-state index >= 15 is 0 Å². The molecular weight excluding hydrogens is 376 g/mol. The SMILES string of the molecule is O=C(c1ncc[nH]1)N1CCC2(C1)C(=O)N(C/C=C/c1ccccc1)c1ccccc12. The maximum absolute atomic E-state index is 13.6. The number of para-hydroxylation sites is 1. The van der Waals surface area contributed by atoms with Crippen molar-refractivity contribution in [2.75, 3.05) is 24.5 Å². The summed E-state index contributed by atoms with van der Waals surface area (Å²) in [4.78, 5) is 36.9. The van der Waals surface area contributed by atoms with Crippen molar-refractivity contribution >= 4 is 23.6 Å². The summed E-state index contributed by atoms with van der Waals surface area (Å²) in [5.41, 5.74) is 2.37. The zero-order valence-corrected chi connectivity index (χ0v) is 16.5. The van der Waals surface area contributed by atoms with Gasteiger partial charge in [-0.05, 0) is 23.6 Å². The molecule has 5 rings (SSSR count). The van der Waals surface area contributed by atoms with Crippen molar-refractivity contribution in [3.63, 3.8) is 0 Å². The molecule has 2 aliphatic heterocycles. The van der Waals surface area contributed by atoms with Crippen LogP contribution in [-0.4, -0.2) is 46.3 Å². The van der Waals surface area contributed by atoms with Crippen molar-refractivity contribution < 1.29 is 9.59 Å². The molecule has 3 heterocycles. The van der Waals surface area contributed by atoms with Crippen molar-refractivity contribution in [3.05, 3.63) is 90.0 Å². The molecule has 2 aromatic carbocycles. The van der Waals surface area contributed by atoms with Gasteiger partial charge < -0.3 is 14.8 Å². The summed E-state index contributed by atoms with van der Waals surface area (Å²) < 4.78 is 0. The second-order valence-electron chi connectivity index (χ2n) is 7.74. The summed E-state index contributed by atoms with van der Waals surface area (Å²) >= 11 is 0. The first-order valence-corrected chi connectivity index (χ1v) is 10.1. The number of rotatable bonds is 4. The van der Waals surface area contributed by atoms with Gasteiger partial charge in [0.1, 0.15) is 0 Å². The Morgan fingerprint density at radius 1 is 1.13 bits per heavy atom. The third-order valence-corrected chi connectivity index (χ3v) is 6.02. The van der Waals surface area contributed by atoms with E-state index in [0.717, 1.165) is 16.8 Å². The number of nitrogens with one attached hydrogen (secondary N) is 1. The standard InChI is InChI=1S/C24H22N4O2/c29-22(21-25-13-14-26-21)27-16-12-24(17-27)19-10-4-5-11-20(19)28(23(24)30)15-6-9-18-7-2-1-3-8-18/h1-11,13-14H,12,15-17H2,(H,25,26)/b9-6+. The van der Waals surface area contributed by atoms with E-state index in [4.69, 9.17) is 0 Å². The van der Waals surface area contributed by atoms with E-state index in [2.05, 4.69) is 9.97 Å². The highest BCUT2D eigenvalue weighted by atomic mass is 16.2. The number of H-pyrrole nitrogens is 1. The van der Waals surface area contributed by atoms with Crippen LogP contribution in [0.1, 0.15) is 28.2 Å². The average Bonchev–Trinajstić information content (AvgIpc) is 3.52. The molecule has 6 heteroatoms. The van der Waals surface area contributed by atoms with Crippen molar-refractivity contribution in [1.82, 2.24) is 14.9 Å². The molecule has 1 saturated heterocycles. The summed E-state index contributed by atoms with van der Waals surface area (Å²) in [5.74, 6) is 0.217. The van der Waals surface area contributed by atoms with Crippen LogP contribution in [0.25, 0.3) is 6.08 Å². The second-order valence-corrected chi connectivity index (χ2v) is 7.74. The number of aromatic nitrogens is 2. The smallest absolute Gasteiger partial charge is 0.289 e. The molecule has 0 saturated carbocycles. The zero-order chi connectivity index (χ0) is 20.6. The number of likely N-dealkylation sites (tertiary alicyclic amines) is 1. The van der Waals surface area contributed by atoms with Gasteiger partial charge in [0.2, 0.25) is 5.91 Å². The van der Waals surface area contributed by atoms with Crippen LogP contribution in [0.3, 0.4) is 0 Å². The van der Waals surface area contributed by atoms with Crippen LogP contribution >= 0.6 is 0 Å². The molecule has 1 aromatic heterocycles. The highest BCUT2D eigenvalue weighted by Crippen LogP contribution is 2.47. The Morgan fingerprint density at radius 2 is 1.93 bits per heavy atom. The maximum atomic E-state index is 13.6. The quantitative estimate of drug-likeness (QED) is 0.733. The Hall–Kier alpha value is -3.67. The largest absolute Gasteiger partial charge is 0.341 e. The third kappa shape index (κ3) is 2.92. The molecule has 0 radical (unpaired) electrons. The molecule has 2 amide bonds. The Morgan fingerprint density at radius 3 is 2.73 bits per heavy atom. The van der Waals surface area contributed by atoms with Crippen molar-refractivity contribution in [1.29, 1.82) is 0 Å². The number of hydrogen-bond donors (Lipinski definition) is 1. The van der Waals surface area contributed by atoms with E-state index in [1.54, 1.807) is 17.3 Å². The number of fused-ring (bicyclic) bond motifs is 2. The average molecular weight is 398 g/mol. The van der Waals surface area contributed by atoms with Crippen molar-refractivity contribution in [2.24, 2.45) is 0 Å². The van der Waals surface area contributed by atoms with Crippen molar-refractivity contribution in [3.8, 4) is 0 Å². The van der Waals surface area contributed by atoms with E-state index in [1.807, 2.05) is 71.6 Å². The minimum Gasteiger partial charge on any atom is -0.341 e. The van der Waals surface area contributed by atoms with E-state index in [1.165, 1.54) is 0 Å². The van der Waals surface area contributed by atoms with Crippen LogP contribution in [0, 0.1) is 0 Å². The predicted molar refractivity (Wildman–Crippen MR) is 115 cm³/mol. The molecule has 30 heavy (non-hydrogen) atoms. The molecule has 1 atom stereocenters. The number of carbonyl (C=O) groups is 2. The number of imidazole rings is 1. The number of hydrogen-bond acceptors (Lipinski definition) is 3. The second kappa shape index (κ2) is 7.30. The minimum atomic E-state index is -0.681. The first kappa shape index (κ1) is 18.4. The molecule has 1 unspecified atom stereocenters. The molecule has 0 bridgehead atoms. The van der Waals surface area contributed by atoms with Gasteiger partial charge in [0, 0.05) is 37.7 Å². The van der Waals surface area contributed by atoms with E-state index in [0.29, 0.717) is 31.9 Å². The number of amides is 2.